The lowest BCUT2D eigenvalue weighted by atomic mass is 9.99. The van der Waals surface area contributed by atoms with Gasteiger partial charge >= 0.3 is 0 Å². The predicted octanol–water partition coefficient (Wildman–Crippen LogP) is -0.591. The average Bonchev–Trinajstić information content (AvgIpc) is 2.90. The van der Waals surface area contributed by atoms with E-state index >= 15 is 0 Å². The number of ether oxygens (including phenoxy) is 4. The van der Waals surface area contributed by atoms with Crippen molar-refractivity contribution >= 4 is 6.08 Å². The van der Waals surface area contributed by atoms with Crippen LogP contribution in [0.5, 0.6) is 23.0 Å². The molecule has 0 spiro atoms. The summed E-state index contributed by atoms with van der Waals surface area (Å²) in [5, 5.41) is 79.3. The minimum absolute atomic E-state index is 0.0126. The van der Waals surface area contributed by atoms with Crippen LogP contribution in [-0.4, -0.2) is 105 Å². The Morgan fingerprint density at radius 3 is 2.35 bits per heavy atom. The van der Waals surface area contributed by atoms with E-state index in [1.165, 1.54) is 37.4 Å². The number of rotatable bonds is 11. The van der Waals surface area contributed by atoms with Crippen molar-refractivity contribution in [3.8, 4) is 23.0 Å². The minimum atomic E-state index is -1.54. The molecule has 1 aliphatic heterocycles. The zero-order valence-corrected chi connectivity index (χ0v) is 20.0. The summed E-state index contributed by atoms with van der Waals surface area (Å²) in [7, 11) is 1.36. The molecule has 12 nitrogen and oxygen atoms in total. The molecule has 3 rings (SSSR count). The fourth-order valence-corrected chi connectivity index (χ4v) is 3.73. The Kier molecular flexibility index (Phi) is 10.1. The van der Waals surface area contributed by atoms with Gasteiger partial charge in [0.2, 0.25) is 0 Å². The van der Waals surface area contributed by atoms with Gasteiger partial charge in [0, 0.05) is 0 Å². The van der Waals surface area contributed by atoms with Crippen LogP contribution in [0.15, 0.2) is 42.5 Å². The Bertz CT molecular complexity index is 1040. The first-order valence-corrected chi connectivity index (χ1v) is 11.4. The van der Waals surface area contributed by atoms with E-state index in [0.717, 1.165) is 0 Å². The lowest BCUT2D eigenvalue weighted by molar-refractivity contribution is -0.298. The third-order valence-electron chi connectivity index (χ3n) is 5.85. The largest absolute Gasteiger partial charge is 0.504 e. The first kappa shape index (κ1) is 28.6. The fraction of sp³-hybridized carbons (Fsp3) is 0.440. The summed E-state index contributed by atoms with van der Waals surface area (Å²) in [5.74, 6) is -0.216. The third kappa shape index (κ3) is 6.89. The van der Waals surface area contributed by atoms with Crippen LogP contribution < -0.4 is 9.47 Å². The maximum atomic E-state index is 10.6. The number of aliphatic hydroxyl groups excluding tert-OH is 6. The zero-order chi connectivity index (χ0) is 27.1. The van der Waals surface area contributed by atoms with Crippen molar-refractivity contribution in [2.75, 3.05) is 26.9 Å². The van der Waals surface area contributed by atoms with E-state index in [1.807, 2.05) is 0 Å². The van der Waals surface area contributed by atoms with Gasteiger partial charge in [0.05, 0.1) is 26.9 Å². The van der Waals surface area contributed by atoms with E-state index in [9.17, 15) is 40.9 Å². The predicted molar refractivity (Wildman–Crippen MR) is 128 cm³/mol. The summed E-state index contributed by atoms with van der Waals surface area (Å²) < 4.78 is 21.3. The molecule has 12 heteroatoms. The number of phenols is 2. The maximum absolute atomic E-state index is 10.6. The molecule has 0 aliphatic carbocycles. The van der Waals surface area contributed by atoms with Crippen molar-refractivity contribution < 1.29 is 59.8 Å². The Labute approximate surface area is 212 Å². The molecule has 8 N–H and O–H groups in total. The minimum Gasteiger partial charge on any atom is -0.504 e. The second-order valence-corrected chi connectivity index (χ2v) is 8.38. The number of aromatic hydroxyl groups is 2. The Balaban J connectivity index is 1.59. The molecule has 0 unspecified atom stereocenters. The van der Waals surface area contributed by atoms with Crippen LogP contribution in [0.2, 0.25) is 0 Å². The number of methoxy groups -OCH3 is 1. The van der Waals surface area contributed by atoms with Gasteiger partial charge in [-0.05, 0) is 35.4 Å². The first-order chi connectivity index (χ1) is 17.7. The molecular weight excluding hydrogens is 492 g/mol. The molecule has 1 heterocycles. The molecule has 1 fully saturated rings. The highest BCUT2D eigenvalue weighted by Crippen LogP contribution is 2.33. The lowest BCUT2D eigenvalue weighted by Crippen LogP contribution is -2.59. The van der Waals surface area contributed by atoms with Gasteiger partial charge in [0.25, 0.3) is 0 Å². The average molecular weight is 525 g/mol. The summed E-state index contributed by atoms with van der Waals surface area (Å²) in [6, 6.07) is 8.63. The van der Waals surface area contributed by atoms with E-state index in [2.05, 4.69) is 0 Å². The number of hydrogen-bond donors (Lipinski definition) is 8. The molecule has 0 saturated carbocycles. The fourth-order valence-electron chi connectivity index (χ4n) is 3.73. The highest BCUT2D eigenvalue weighted by molar-refractivity contribution is 5.55. The Morgan fingerprint density at radius 2 is 1.70 bits per heavy atom. The van der Waals surface area contributed by atoms with Gasteiger partial charge in [0.15, 0.2) is 35.4 Å². The summed E-state index contributed by atoms with van der Waals surface area (Å²) >= 11 is 0. The molecule has 37 heavy (non-hydrogen) atoms. The van der Waals surface area contributed by atoms with Crippen LogP contribution in [0.25, 0.3) is 6.08 Å². The second kappa shape index (κ2) is 13.0. The van der Waals surface area contributed by atoms with Gasteiger partial charge in [0.1, 0.15) is 30.5 Å². The van der Waals surface area contributed by atoms with Gasteiger partial charge in [-0.25, -0.2) is 0 Å². The van der Waals surface area contributed by atoms with Crippen LogP contribution in [0.1, 0.15) is 17.2 Å². The SMILES string of the molecule is COc1cc([C@@H](O)[C@@H](CO)Oc2ccc(/C=C\CO[C@@H]3O[C@H](CO)[C@@H](O)[C@H](O)[C@H]3O)cc2O)ccc1O. The molecule has 1 saturated heterocycles. The van der Waals surface area contributed by atoms with Crippen molar-refractivity contribution in [3.63, 3.8) is 0 Å². The molecule has 0 bridgehead atoms. The molecule has 0 aromatic heterocycles. The Morgan fingerprint density at radius 1 is 0.946 bits per heavy atom. The van der Waals surface area contributed by atoms with E-state index in [1.54, 1.807) is 18.2 Å². The van der Waals surface area contributed by atoms with Crippen LogP contribution in [-0.2, 0) is 9.47 Å². The molecule has 2 aromatic rings. The zero-order valence-electron chi connectivity index (χ0n) is 20.0. The van der Waals surface area contributed by atoms with Gasteiger partial charge in [-0.2, -0.15) is 0 Å². The quantitative estimate of drug-likeness (QED) is 0.186. The second-order valence-electron chi connectivity index (χ2n) is 8.38. The molecule has 0 amide bonds. The van der Waals surface area contributed by atoms with E-state index in [0.29, 0.717) is 11.1 Å². The van der Waals surface area contributed by atoms with Gasteiger partial charge in [-0.15, -0.1) is 0 Å². The van der Waals surface area contributed by atoms with E-state index in [4.69, 9.17) is 18.9 Å². The van der Waals surface area contributed by atoms with Gasteiger partial charge in [-0.3, -0.25) is 0 Å². The normalized spacial score (nSPS) is 25.6. The standard InChI is InChI=1S/C25H32O12/c1-34-18-10-14(5-6-15(18)28)21(30)19(11-26)36-17-7-4-13(9-16(17)29)3-2-8-35-25-24(33)23(32)22(31)20(12-27)37-25/h2-7,9-10,19-33H,8,11-12H2,1H3/b3-2-/t19-,20-,21-,22-,23+,24-,25-/m1/s1. The van der Waals surface area contributed by atoms with Crippen molar-refractivity contribution in [2.24, 2.45) is 0 Å². The Hall–Kier alpha value is -2.94. The highest BCUT2D eigenvalue weighted by Gasteiger charge is 2.43. The summed E-state index contributed by atoms with van der Waals surface area (Å²) in [4.78, 5) is 0. The third-order valence-corrected chi connectivity index (χ3v) is 5.85. The smallest absolute Gasteiger partial charge is 0.187 e. The van der Waals surface area contributed by atoms with Gasteiger partial charge in [-0.1, -0.05) is 24.3 Å². The van der Waals surface area contributed by atoms with Crippen molar-refractivity contribution in [1.29, 1.82) is 0 Å². The molecule has 2 aromatic carbocycles. The number of aliphatic hydroxyl groups is 6. The van der Waals surface area contributed by atoms with Crippen LogP contribution in [0, 0.1) is 0 Å². The number of benzene rings is 2. The highest BCUT2D eigenvalue weighted by atomic mass is 16.7. The van der Waals surface area contributed by atoms with Gasteiger partial charge < -0.3 is 59.8 Å². The molecular formula is C25H32O12. The topological polar surface area (TPSA) is 199 Å². The molecule has 7 atom stereocenters. The molecule has 0 radical (unpaired) electrons. The van der Waals surface area contributed by atoms with Crippen LogP contribution >= 0.6 is 0 Å². The first-order valence-electron chi connectivity index (χ1n) is 11.4. The molecule has 204 valence electrons. The summed E-state index contributed by atoms with van der Waals surface area (Å²) in [6.45, 7) is -1.19. The maximum Gasteiger partial charge on any atom is 0.187 e. The van der Waals surface area contributed by atoms with Crippen molar-refractivity contribution in [1.82, 2.24) is 0 Å². The number of phenolic OH excluding ortho intramolecular Hbond substituents is 2. The summed E-state index contributed by atoms with van der Waals surface area (Å²) in [5.41, 5.74) is 0.874. The van der Waals surface area contributed by atoms with Crippen LogP contribution in [0.3, 0.4) is 0 Å². The monoisotopic (exact) mass is 524 g/mol. The van der Waals surface area contributed by atoms with Crippen LogP contribution in [0.4, 0.5) is 0 Å². The summed E-state index contributed by atoms with van der Waals surface area (Å²) in [6.07, 6.45) is -6.15. The molecule has 1 aliphatic rings. The number of hydrogen-bond acceptors (Lipinski definition) is 12. The van der Waals surface area contributed by atoms with Crippen molar-refractivity contribution in [2.45, 2.75) is 42.9 Å². The van der Waals surface area contributed by atoms with E-state index < -0.39 is 56.1 Å². The lowest BCUT2D eigenvalue weighted by Gasteiger charge is -2.39. The van der Waals surface area contributed by atoms with Crippen molar-refractivity contribution in [3.05, 3.63) is 53.6 Å². The van der Waals surface area contributed by atoms with E-state index in [-0.39, 0.29) is 29.6 Å².